The second-order valence-electron chi connectivity index (χ2n) is 5.74. The average molecular weight is 379 g/mol. The van der Waals surface area contributed by atoms with Crippen molar-refractivity contribution in [2.45, 2.75) is 13.1 Å². The summed E-state index contributed by atoms with van der Waals surface area (Å²) in [6.45, 7) is 5.26. The van der Waals surface area contributed by atoms with Crippen LogP contribution in [0.4, 0.5) is 0 Å². The summed E-state index contributed by atoms with van der Waals surface area (Å²) in [6, 6.07) is 16.6. The lowest BCUT2D eigenvalue weighted by atomic mass is 10.1. The zero-order valence-corrected chi connectivity index (χ0v) is 15.7. The summed E-state index contributed by atoms with van der Waals surface area (Å²) >= 11 is 0. The molecule has 0 aromatic heterocycles. The van der Waals surface area contributed by atoms with Gasteiger partial charge in [0, 0.05) is 37.3 Å². The fourth-order valence-corrected chi connectivity index (χ4v) is 2.58. The summed E-state index contributed by atoms with van der Waals surface area (Å²) in [5.74, 6) is 6.41. The van der Waals surface area contributed by atoms with Gasteiger partial charge >= 0.3 is 0 Å². The molecule has 1 saturated heterocycles. The molecule has 0 saturated carbocycles. The Balaban J connectivity index is 0.00000156. The Labute approximate surface area is 162 Å². The van der Waals surface area contributed by atoms with Gasteiger partial charge in [-0.1, -0.05) is 36.1 Å². The van der Waals surface area contributed by atoms with Crippen LogP contribution in [0.1, 0.15) is 22.3 Å². The number of nitrogens with zero attached hydrogens (tertiary/aromatic N) is 1. The first kappa shape index (κ1) is 21.5. The minimum Gasteiger partial charge on any atom is -0.379 e. The van der Waals surface area contributed by atoms with Crippen LogP contribution in [-0.4, -0.2) is 31.2 Å². The van der Waals surface area contributed by atoms with Gasteiger partial charge in [-0.3, -0.25) is 4.90 Å². The Kier molecular flexibility index (Phi) is 9.59. The van der Waals surface area contributed by atoms with Crippen LogP contribution in [0.15, 0.2) is 48.5 Å². The van der Waals surface area contributed by atoms with E-state index in [4.69, 9.17) is 10.5 Å². The quantitative estimate of drug-likeness (QED) is 0.833. The minimum atomic E-state index is 0. The van der Waals surface area contributed by atoms with Crippen molar-refractivity contribution in [3.63, 3.8) is 0 Å². The van der Waals surface area contributed by atoms with Gasteiger partial charge in [0.15, 0.2) is 0 Å². The SMILES string of the molecule is Cl.Cl.NCc1ccc(C#Cc2ccc(CN3CCOCC3)cc2)cc1. The predicted molar refractivity (Wildman–Crippen MR) is 107 cm³/mol. The van der Waals surface area contributed by atoms with Gasteiger partial charge in [-0.2, -0.15) is 0 Å². The molecule has 1 aliphatic rings. The average Bonchev–Trinajstić information content (AvgIpc) is 2.62. The highest BCUT2D eigenvalue weighted by Gasteiger charge is 2.10. The van der Waals surface area contributed by atoms with E-state index in [1.165, 1.54) is 5.56 Å². The molecule has 134 valence electrons. The van der Waals surface area contributed by atoms with Crippen molar-refractivity contribution >= 4 is 24.8 Å². The smallest absolute Gasteiger partial charge is 0.0594 e. The molecular formula is C20H24Cl2N2O. The van der Waals surface area contributed by atoms with Crippen molar-refractivity contribution in [2.24, 2.45) is 5.73 Å². The van der Waals surface area contributed by atoms with Gasteiger partial charge < -0.3 is 10.5 Å². The summed E-state index contributed by atoms with van der Waals surface area (Å²) in [4.78, 5) is 2.42. The van der Waals surface area contributed by atoms with Crippen molar-refractivity contribution in [1.29, 1.82) is 0 Å². The van der Waals surface area contributed by atoms with Crippen molar-refractivity contribution in [2.75, 3.05) is 26.3 Å². The van der Waals surface area contributed by atoms with Gasteiger partial charge in [0.2, 0.25) is 0 Å². The Morgan fingerprint density at radius 1 is 0.800 bits per heavy atom. The maximum absolute atomic E-state index is 5.60. The molecule has 0 atom stereocenters. The van der Waals surface area contributed by atoms with Crippen molar-refractivity contribution < 1.29 is 4.74 Å². The van der Waals surface area contributed by atoms with E-state index in [-0.39, 0.29) is 24.8 Å². The molecule has 25 heavy (non-hydrogen) atoms. The number of benzene rings is 2. The molecule has 2 N–H and O–H groups in total. The van der Waals surface area contributed by atoms with Crippen molar-refractivity contribution in [3.8, 4) is 11.8 Å². The topological polar surface area (TPSA) is 38.5 Å². The normalized spacial score (nSPS) is 13.8. The largest absolute Gasteiger partial charge is 0.379 e. The molecule has 3 rings (SSSR count). The molecule has 0 unspecified atom stereocenters. The van der Waals surface area contributed by atoms with Crippen LogP contribution in [0.25, 0.3) is 0 Å². The lowest BCUT2D eigenvalue weighted by Gasteiger charge is -2.26. The second kappa shape index (κ2) is 11.1. The van der Waals surface area contributed by atoms with E-state index in [0.29, 0.717) is 6.54 Å². The number of morpholine rings is 1. The van der Waals surface area contributed by atoms with Crippen LogP contribution in [0.2, 0.25) is 0 Å². The molecule has 1 aliphatic heterocycles. The zero-order chi connectivity index (χ0) is 15.9. The van der Waals surface area contributed by atoms with Gasteiger partial charge in [-0.05, 0) is 35.4 Å². The van der Waals surface area contributed by atoms with E-state index in [0.717, 1.165) is 49.5 Å². The van der Waals surface area contributed by atoms with Gasteiger partial charge in [-0.15, -0.1) is 24.8 Å². The highest BCUT2D eigenvalue weighted by molar-refractivity contribution is 5.85. The van der Waals surface area contributed by atoms with Gasteiger partial charge in [-0.25, -0.2) is 0 Å². The number of halogens is 2. The fraction of sp³-hybridized carbons (Fsp3) is 0.300. The van der Waals surface area contributed by atoms with Crippen LogP contribution in [0, 0.1) is 11.8 Å². The van der Waals surface area contributed by atoms with Gasteiger partial charge in [0.25, 0.3) is 0 Å². The molecule has 0 radical (unpaired) electrons. The van der Waals surface area contributed by atoms with E-state index in [9.17, 15) is 0 Å². The third-order valence-electron chi connectivity index (χ3n) is 4.00. The molecule has 1 heterocycles. The molecule has 5 heteroatoms. The molecular weight excluding hydrogens is 355 g/mol. The summed E-state index contributed by atoms with van der Waals surface area (Å²) < 4.78 is 5.38. The van der Waals surface area contributed by atoms with E-state index in [1.807, 2.05) is 24.3 Å². The molecule has 1 fully saturated rings. The third-order valence-corrected chi connectivity index (χ3v) is 4.00. The van der Waals surface area contributed by atoms with Crippen molar-refractivity contribution in [3.05, 3.63) is 70.8 Å². The molecule has 0 aliphatic carbocycles. The van der Waals surface area contributed by atoms with Crippen LogP contribution in [0.5, 0.6) is 0 Å². The molecule has 2 aromatic rings. The summed E-state index contributed by atoms with van der Waals surface area (Å²) in [6.07, 6.45) is 0. The Morgan fingerprint density at radius 2 is 1.28 bits per heavy atom. The van der Waals surface area contributed by atoms with Crippen LogP contribution >= 0.6 is 24.8 Å². The summed E-state index contributed by atoms with van der Waals surface area (Å²) in [7, 11) is 0. The molecule has 3 nitrogen and oxygen atoms in total. The third kappa shape index (κ3) is 6.70. The highest BCUT2D eigenvalue weighted by atomic mass is 35.5. The summed E-state index contributed by atoms with van der Waals surface area (Å²) in [5.41, 5.74) is 10.1. The Morgan fingerprint density at radius 3 is 1.76 bits per heavy atom. The Bertz CT molecular complexity index is 684. The molecule has 0 spiro atoms. The maximum Gasteiger partial charge on any atom is 0.0594 e. The first-order chi connectivity index (χ1) is 11.3. The number of nitrogens with two attached hydrogens (primary N) is 1. The molecule has 0 bridgehead atoms. The van der Waals surface area contributed by atoms with E-state index < -0.39 is 0 Å². The number of hydrogen-bond donors (Lipinski definition) is 1. The fourth-order valence-electron chi connectivity index (χ4n) is 2.58. The molecule has 2 aromatic carbocycles. The lowest BCUT2D eigenvalue weighted by Crippen LogP contribution is -2.35. The van der Waals surface area contributed by atoms with E-state index in [1.54, 1.807) is 0 Å². The van der Waals surface area contributed by atoms with Gasteiger partial charge in [0.1, 0.15) is 0 Å². The second-order valence-corrected chi connectivity index (χ2v) is 5.74. The van der Waals surface area contributed by atoms with Crippen LogP contribution in [-0.2, 0) is 17.8 Å². The first-order valence-electron chi connectivity index (χ1n) is 8.03. The molecule has 0 amide bonds. The number of rotatable bonds is 3. The standard InChI is InChI=1S/C20H22N2O.2ClH/c21-15-19-7-3-17(4-8-19)1-2-18-5-9-20(10-6-18)16-22-11-13-23-14-12-22;;/h3-10H,11-16,21H2;2*1H. The summed E-state index contributed by atoms with van der Waals surface area (Å²) in [5, 5.41) is 0. The maximum atomic E-state index is 5.60. The monoisotopic (exact) mass is 378 g/mol. The van der Waals surface area contributed by atoms with Crippen LogP contribution < -0.4 is 5.73 Å². The van der Waals surface area contributed by atoms with Gasteiger partial charge in [0.05, 0.1) is 13.2 Å². The van der Waals surface area contributed by atoms with Crippen molar-refractivity contribution in [1.82, 2.24) is 4.90 Å². The van der Waals surface area contributed by atoms with Crippen LogP contribution in [0.3, 0.4) is 0 Å². The number of hydrogen-bond acceptors (Lipinski definition) is 3. The zero-order valence-electron chi connectivity index (χ0n) is 14.1. The first-order valence-corrected chi connectivity index (χ1v) is 8.03. The van der Waals surface area contributed by atoms with E-state index >= 15 is 0 Å². The lowest BCUT2D eigenvalue weighted by molar-refractivity contribution is 0.0342. The predicted octanol–water partition coefficient (Wildman–Crippen LogP) is 3.22. The highest BCUT2D eigenvalue weighted by Crippen LogP contribution is 2.09. The number of ether oxygens (including phenoxy) is 1. The minimum absolute atomic E-state index is 0. The Hall–Kier alpha value is -1.54. The van der Waals surface area contributed by atoms with E-state index in [2.05, 4.69) is 41.0 Å².